The molecule has 0 radical (unpaired) electrons. The zero-order valence-electron chi connectivity index (χ0n) is 8.74. The minimum atomic E-state index is 0.213. The lowest BCUT2D eigenvalue weighted by Crippen LogP contribution is -2.09. The highest BCUT2D eigenvalue weighted by molar-refractivity contribution is 5.30. The number of benzene rings is 1. The molecule has 1 atom stereocenters. The average Bonchev–Trinajstić information content (AvgIpc) is 2.26. The molecule has 0 bridgehead atoms. The predicted octanol–water partition coefficient (Wildman–Crippen LogP) is 2.02. The maximum absolute atomic E-state index is 9.29. The van der Waals surface area contributed by atoms with Gasteiger partial charge in [0.25, 0.3) is 0 Å². The maximum Gasteiger partial charge on any atom is 0.0499 e. The van der Waals surface area contributed by atoms with Crippen molar-refractivity contribution >= 4 is 0 Å². The van der Waals surface area contributed by atoms with Gasteiger partial charge in [-0.05, 0) is 17.5 Å². The average molecular weight is 193 g/mol. The highest BCUT2D eigenvalue weighted by atomic mass is 16.3. The molecule has 0 aromatic heterocycles. The molecule has 0 fully saturated rings. The summed E-state index contributed by atoms with van der Waals surface area (Å²) in [5.41, 5.74) is 8.02. The van der Waals surface area contributed by atoms with Gasteiger partial charge >= 0.3 is 0 Å². The Labute approximate surface area is 85.8 Å². The Morgan fingerprint density at radius 1 is 1.36 bits per heavy atom. The summed E-state index contributed by atoms with van der Waals surface area (Å²) in [6.45, 7) is 2.90. The summed E-state index contributed by atoms with van der Waals surface area (Å²) in [4.78, 5) is 0. The van der Waals surface area contributed by atoms with Crippen LogP contribution in [0.2, 0.25) is 0 Å². The van der Waals surface area contributed by atoms with E-state index in [1.165, 1.54) is 5.56 Å². The Morgan fingerprint density at radius 2 is 2.07 bits per heavy atom. The molecule has 1 aromatic carbocycles. The van der Waals surface area contributed by atoms with Gasteiger partial charge in [0.1, 0.15) is 0 Å². The second kappa shape index (κ2) is 5.78. The van der Waals surface area contributed by atoms with Gasteiger partial charge < -0.3 is 10.8 Å². The quantitative estimate of drug-likeness (QED) is 0.751. The van der Waals surface area contributed by atoms with Crippen LogP contribution in [0.4, 0.5) is 0 Å². The first-order chi connectivity index (χ1) is 6.83. The third kappa shape index (κ3) is 2.56. The van der Waals surface area contributed by atoms with Gasteiger partial charge in [-0.15, -0.1) is 0 Å². The summed E-state index contributed by atoms with van der Waals surface area (Å²) < 4.78 is 0. The molecule has 0 saturated heterocycles. The van der Waals surface area contributed by atoms with Crippen LogP contribution >= 0.6 is 0 Å². The Hall–Kier alpha value is -0.860. The molecule has 0 amide bonds. The van der Waals surface area contributed by atoms with Gasteiger partial charge in [-0.3, -0.25) is 0 Å². The molecule has 0 aliphatic rings. The molecular formula is C12H19NO. The van der Waals surface area contributed by atoms with E-state index in [1.807, 2.05) is 18.2 Å². The van der Waals surface area contributed by atoms with E-state index < -0.39 is 0 Å². The number of hydrogen-bond acceptors (Lipinski definition) is 2. The third-order valence-electron chi connectivity index (χ3n) is 2.57. The molecule has 0 saturated carbocycles. The first-order valence-electron chi connectivity index (χ1n) is 5.22. The van der Waals surface area contributed by atoms with Crippen LogP contribution in [0.5, 0.6) is 0 Å². The van der Waals surface area contributed by atoms with Crippen LogP contribution in [0, 0.1) is 0 Å². The number of aliphatic hydroxyl groups excluding tert-OH is 1. The molecule has 14 heavy (non-hydrogen) atoms. The molecule has 1 aromatic rings. The zero-order valence-corrected chi connectivity index (χ0v) is 8.74. The van der Waals surface area contributed by atoms with E-state index in [0.29, 0.717) is 6.54 Å². The van der Waals surface area contributed by atoms with Crippen LogP contribution in [0.3, 0.4) is 0 Å². The monoisotopic (exact) mass is 193 g/mol. The molecule has 2 nitrogen and oxygen atoms in total. The number of hydrogen-bond donors (Lipinski definition) is 2. The molecule has 0 spiro atoms. The van der Waals surface area contributed by atoms with Crippen LogP contribution in [0.15, 0.2) is 24.3 Å². The molecule has 3 N–H and O–H groups in total. The highest BCUT2D eigenvalue weighted by Crippen LogP contribution is 2.23. The van der Waals surface area contributed by atoms with E-state index >= 15 is 0 Å². The van der Waals surface area contributed by atoms with E-state index in [1.54, 1.807) is 0 Å². The Bertz CT molecular complexity index is 273. The van der Waals surface area contributed by atoms with Gasteiger partial charge in [0.05, 0.1) is 0 Å². The van der Waals surface area contributed by atoms with Gasteiger partial charge in [-0.25, -0.2) is 0 Å². The van der Waals surface area contributed by atoms with Gasteiger partial charge in [-0.2, -0.15) is 0 Å². The summed E-state index contributed by atoms with van der Waals surface area (Å²) in [5.74, 6) is 0.250. The van der Waals surface area contributed by atoms with Crippen LogP contribution in [-0.4, -0.2) is 11.7 Å². The van der Waals surface area contributed by atoms with Crippen LogP contribution in [-0.2, 0) is 6.54 Å². The van der Waals surface area contributed by atoms with Crippen molar-refractivity contribution in [2.24, 2.45) is 5.73 Å². The number of aliphatic hydroxyl groups is 1. The number of nitrogens with two attached hydrogens (primary N) is 1. The predicted molar refractivity (Wildman–Crippen MR) is 59.1 cm³/mol. The lowest BCUT2D eigenvalue weighted by atomic mass is 9.91. The van der Waals surface area contributed by atoms with Gasteiger partial charge in [0.2, 0.25) is 0 Å². The van der Waals surface area contributed by atoms with E-state index in [0.717, 1.165) is 18.4 Å². The van der Waals surface area contributed by atoms with Crippen LogP contribution < -0.4 is 5.73 Å². The smallest absolute Gasteiger partial charge is 0.0499 e. The standard InChI is InChI=1S/C12H19NO/c1-2-5-11(9-14)12-7-4-3-6-10(12)8-13/h3-4,6-7,11,14H,2,5,8-9,13H2,1H3. The van der Waals surface area contributed by atoms with E-state index in [2.05, 4.69) is 13.0 Å². The van der Waals surface area contributed by atoms with Crippen molar-refractivity contribution in [1.29, 1.82) is 0 Å². The van der Waals surface area contributed by atoms with Gasteiger partial charge in [0.15, 0.2) is 0 Å². The van der Waals surface area contributed by atoms with Crippen molar-refractivity contribution in [3.63, 3.8) is 0 Å². The van der Waals surface area contributed by atoms with Gasteiger partial charge in [0, 0.05) is 19.1 Å². The second-order valence-corrected chi connectivity index (χ2v) is 3.57. The van der Waals surface area contributed by atoms with Crippen molar-refractivity contribution in [2.75, 3.05) is 6.61 Å². The van der Waals surface area contributed by atoms with Crippen molar-refractivity contribution < 1.29 is 5.11 Å². The fraction of sp³-hybridized carbons (Fsp3) is 0.500. The fourth-order valence-corrected chi connectivity index (χ4v) is 1.81. The molecule has 1 unspecified atom stereocenters. The summed E-state index contributed by atoms with van der Waals surface area (Å²) in [6, 6.07) is 8.10. The molecule has 1 rings (SSSR count). The molecule has 0 aliphatic heterocycles. The SMILES string of the molecule is CCCC(CO)c1ccccc1CN. The fourth-order valence-electron chi connectivity index (χ4n) is 1.81. The largest absolute Gasteiger partial charge is 0.396 e. The van der Waals surface area contributed by atoms with E-state index in [-0.39, 0.29) is 12.5 Å². The van der Waals surface area contributed by atoms with Crippen molar-refractivity contribution in [1.82, 2.24) is 0 Å². The van der Waals surface area contributed by atoms with Gasteiger partial charge in [-0.1, -0.05) is 37.6 Å². The minimum absolute atomic E-state index is 0.213. The molecule has 0 aliphatic carbocycles. The minimum Gasteiger partial charge on any atom is -0.396 e. The van der Waals surface area contributed by atoms with Crippen molar-refractivity contribution in [3.05, 3.63) is 35.4 Å². The highest BCUT2D eigenvalue weighted by Gasteiger charge is 2.11. The summed E-state index contributed by atoms with van der Waals surface area (Å²) in [6.07, 6.45) is 2.11. The van der Waals surface area contributed by atoms with Crippen molar-refractivity contribution in [2.45, 2.75) is 32.2 Å². The van der Waals surface area contributed by atoms with Crippen LogP contribution in [0.1, 0.15) is 36.8 Å². The summed E-state index contributed by atoms with van der Waals surface area (Å²) >= 11 is 0. The first-order valence-corrected chi connectivity index (χ1v) is 5.22. The molecule has 0 heterocycles. The third-order valence-corrected chi connectivity index (χ3v) is 2.57. The topological polar surface area (TPSA) is 46.2 Å². The van der Waals surface area contributed by atoms with Crippen molar-refractivity contribution in [3.8, 4) is 0 Å². The summed E-state index contributed by atoms with van der Waals surface area (Å²) in [7, 11) is 0. The molecule has 2 heteroatoms. The molecule has 78 valence electrons. The van der Waals surface area contributed by atoms with Crippen LogP contribution in [0.25, 0.3) is 0 Å². The maximum atomic E-state index is 9.29. The Morgan fingerprint density at radius 3 is 2.64 bits per heavy atom. The lowest BCUT2D eigenvalue weighted by molar-refractivity contribution is 0.258. The summed E-state index contributed by atoms with van der Waals surface area (Å²) in [5, 5.41) is 9.29. The zero-order chi connectivity index (χ0) is 10.4. The first kappa shape index (κ1) is 11.2. The van der Waals surface area contributed by atoms with E-state index in [9.17, 15) is 5.11 Å². The Balaban J connectivity index is 2.90. The molecular weight excluding hydrogens is 174 g/mol. The van der Waals surface area contributed by atoms with E-state index in [4.69, 9.17) is 5.73 Å². The Kier molecular flexibility index (Phi) is 4.63. The lowest BCUT2D eigenvalue weighted by Gasteiger charge is -2.16. The second-order valence-electron chi connectivity index (χ2n) is 3.57. The number of rotatable bonds is 5. The normalized spacial score (nSPS) is 12.8.